The molecule has 0 atom stereocenters. The molecule has 0 saturated carbocycles. The second-order valence-corrected chi connectivity index (χ2v) is 6.46. The normalized spacial score (nSPS) is 12.3. The van der Waals surface area contributed by atoms with Crippen molar-refractivity contribution in [3.05, 3.63) is 58.7 Å². The molecule has 0 saturated heterocycles. The molecule has 0 spiro atoms. The van der Waals surface area contributed by atoms with Gasteiger partial charge in [0.05, 0.1) is 5.75 Å². The van der Waals surface area contributed by atoms with Crippen LogP contribution in [0.25, 0.3) is 0 Å². The molecular formula is C13H13ClN4O3S. The van der Waals surface area contributed by atoms with Crippen molar-refractivity contribution in [2.45, 2.75) is 12.3 Å². The summed E-state index contributed by atoms with van der Waals surface area (Å²) in [6, 6.07) is 11.4. The number of halogens is 1. The predicted octanol–water partition coefficient (Wildman–Crippen LogP) is 0.452. The molecule has 22 heavy (non-hydrogen) atoms. The van der Waals surface area contributed by atoms with Crippen molar-refractivity contribution in [1.82, 2.24) is 9.78 Å². The third-order valence-electron chi connectivity index (χ3n) is 2.58. The van der Waals surface area contributed by atoms with Gasteiger partial charge in [0.15, 0.2) is 5.49 Å². The van der Waals surface area contributed by atoms with Crippen LogP contribution in [0.1, 0.15) is 5.56 Å². The lowest BCUT2D eigenvalue weighted by Crippen LogP contribution is -2.31. The fraction of sp³-hybridized carbons (Fsp3) is 0.154. The van der Waals surface area contributed by atoms with E-state index in [0.717, 1.165) is 4.68 Å². The summed E-state index contributed by atoms with van der Waals surface area (Å²) in [4.78, 5) is 11.0. The van der Waals surface area contributed by atoms with Crippen molar-refractivity contribution in [1.29, 1.82) is 0 Å². The smallest absolute Gasteiger partial charge is 0.259 e. The number of aromatic nitrogens is 2. The zero-order valence-electron chi connectivity index (χ0n) is 11.4. The van der Waals surface area contributed by atoms with Gasteiger partial charge in [-0.3, -0.25) is 4.79 Å². The van der Waals surface area contributed by atoms with Crippen molar-refractivity contribution < 1.29 is 13.2 Å². The van der Waals surface area contributed by atoms with E-state index in [1.165, 1.54) is 12.1 Å². The zero-order chi connectivity index (χ0) is 16.2. The summed E-state index contributed by atoms with van der Waals surface area (Å²) in [5.74, 6) is -0.941. The number of amides is 1. The average molecular weight is 341 g/mol. The highest BCUT2D eigenvalue weighted by molar-refractivity contribution is 7.89. The topological polar surface area (TPSA) is 107 Å². The summed E-state index contributed by atoms with van der Waals surface area (Å²) in [6.45, 7) is -0.319. The molecule has 2 N–H and O–H groups in total. The summed E-state index contributed by atoms with van der Waals surface area (Å²) in [6.07, 6.45) is 0. The van der Waals surface area contributed by atoms with Crippen LogP contribution in [0.4, 0.5) is 0 Å². The first-order chi connectivity index (χ1) is 10.4. The fourth-order valence-corrected chi connectivity index (χ4v) is 3.00. The van der Waals surface area contributed by atoms with Crippen molar-refractivity contribution in [2.75, 3.05) is 0 Å². The van der Waals surface area contributed by atoms with Crippen molar-refractivity contribution in [3.63, 3.8) is 0 Å². The Labute approximate surface area is 132 Å². The van der Waals surface area contributed by atoms with Crippen molar-refractivity contribution in [2.24, 2.45) is 10.1 Å². The van der Waals surface area contributed by atoms with Crippen LogP contribution in [0, 0.1) is 0 Å². The Balaban J connectivity index is 2.41. The van der Waals surface area contributed by atoms with Gasteiger partial charge >= 0.3 is 0 Å². The first kappa shape index (κ1) is 16.2. The predicted molar refractivity (Wildman–Crippen MR) is 81.1 cm³/mol. The molecule has 7 nitrogen and oxygen atoms in total. The molecule has 2 rings (SSSR count). The van der Waals surface area contributed by atoms with Crippen LogP contribution in [0.5, 0.6) is 0 Å². The Kier molecular flexibility index (Phi) is 4.94. The van der Waals surface area contributed by atoms with Crippen LogP contribution in [-0.2, 0) is 27.1 Å². The first-order valence-corrected chi connectivity index (χ1v) is 8.19. The maximum atomic E-state index is 12.1. The van der Waals surface area contributed by atoms with E-state index in [4.69, 9.17) is 17.3 Å². The van der Waals surface area contributed by atoms with Gasteiger partial charge in [-0.25, -0.2) is 13.1 Å². The van der Waals surface area contributed by atoms with Crippen LogP contribution >= 0.6 is 11.6 Å². The van der Waals surface area contributed by atoms with Crippen LogP contribution < -0.4 is 11.2 Å². The van der Waals surface area contributed by atoms with E-state index < -0.39 is 15.9 Å². The Morgan fingerprint density at radius 3 is 2.55 bits per heavy atom. The highest BCUT2D eigenvalue weighted by atomic mass is 35.5. The van der Waals surface area contributed by atoms with Gasteiger partial charge in [0, 0.05) is 0 Å². The van der Waals surface area contributed by atoms with E-state index in [2.05, 4.69) is 9.50 Å². The molecule has 0 aliphatic carbocycles. The number of primary amides is 1. The molecule has 0 radical (unpaired) electrons. The van der Waals surface area contributed by atoms with Crippen LogP contribution in [0.3, 0.4) is 0 Å². The lowest BCUT2D eigenvalue weighted by molar-refractivity contribution is -0.118. The lowest BCUT2D eigenvalue weighted by atomic mass is 10.2. The van der Waals surface area contributed by atoms with Crippen LogP contribution in [-0.4, -0.2) is 24.1 Å². The maximum Gasteiger partial charge on any atom is 0.259 e. The third kappa shape index (κ3) is 4.68. The summed E-state index contributed by atoms with van der Waals surface area (Å²) >= 11 is 5.73. The SMILES string of the molecule is NC(=O)Cn1nc(Cl)cc/c1=N\S(=O)(=O)Cc1ccccc1. The fourth-order valence-electron chi connectivity index (χ4n) is 1.73. The van der Waals surface area contributed by atoms with Crippen LogP contribution in [0.15, 0.2) is 46.9 Å². The highest BCUT2D eigenvalue weighted by Crippen LogP contribution is 2.06. The second-order valence-electron chi connectivity index (χ2n) is 4.44. The molecule has 9 heteroatoms. The number of nitrogens with two attached hydrogens (primary N) is 1. The molecule has 0 unspecified atom stereocenters. The minimum Gasteiger partial charge on any atom is -0.368 e. The summed E-state index contributed by atoms with van der Waals surface area (Å²) in [5.41, 5.74) is 5.69. The molecule has 0 aliphatic rings. The summed E-state index contributed by atoms with van der Waals surface area (Å²) in [5, 5.41) is 3.93. The van der Waals surface area contributed by atoms with E-state index in [9.17, 15) is 13.2 Å². The molecule has 0 aliphatic heterocycles. The third-order valence-corrected chi connectivity index (χ3v) is 3.95. The number of sulfonamides is 1. The molecule has 1 aromatic heterocycles. The zero-order valence-corrected chi connectivity index (χ0v) is 13.0. The number of hydrogen-bond acceptors (Lipinski definition) is 4. The standard InChI is InChI=1S/C13H13ClN4O3S/c14-11-6-7-13(18(16-11)8-12(15)19)17-22(20,21)9-10-4-2-1-3-5-10/h1-7H,8-9H2,(H2,15,19)/b17-13+. The van der Waals surface area contributed by atoms with Crippen molar-refractivity contribution in [3.8, 4) is 0 Å². The first-order valence-electron chi connectivity index (χ1n) is 6.20. The molecule has 1 amide bonds. The van der Waals surface area contributed by atoms with E-state index in [1.54, 1.807) is 30.3 Å². The van der Waals surface area contributed by atoms with E-state index in [0.29, 0.717) is 5.56 Å². The van der Waals surface area contributed by atoms with Gasteiger partial charge < -0.3 is 5.73 Å². The van der Waals surface area contributed by atoms with Crippen molar-refractivity contribution >= 4 is 27.5 Å². The van der Waals surface area contributed by atoms with Gasteiger partial charge in [-0.15, -0.1) is 4.40 Å². The Morgan fingerprint density at radius 2 is 1.91 bits per heavy atom. The largest absolute Gasteiger partial charge is 0.368 e. The minimum atomic E-state index is -3.79. The average Bonchev–Trinajstić information content (AvgIpc) is 2.42. The Bertz CT molecular complexity index is 847. The number of carbonyl (C=O) groups is 1. The quantitative estimate of drug-likeness (QED) is 0.852. The second kappa shape index (κ2) is 6.71. The Hall–Kier alpha value is -2.19. The Morgan fingerprint density at radius 1 is 1.23 bits per heavy atom. The number of nitrogens with zero attached hydrogens (tertiary/aromatic N) is 3. The maximum absolute atomic E-state index is 12.1. The van der Waals surface area contributed by atoms with E-state index in [1.807, 2.05) is 0 Å². The highest BCUT2D eigenvalue weighted by Gasteiger charge is 2.11. The summed E-state index contributed by atoms with van der Waals surface area (Å²) < 4.78 is 29.0. The van der Waals surface area contributed by atoms with Gasteiger partial charge in [-0.1, -0.05) is 41.9 Å². The van der Waals surface area contributed by atoms with E-state index in [-0.39, 0.29) is 22.9 Å². The molecule has 116 valence electrons. The van der Waals surface area contributed by atoms with Gasteiger partial charge in [-0.05, 0) is 17.7 Å². The molecule has 0 bridgehead atoms. The molecule has 0 fully saturated rings. The van der Waals surface area contributed by atoms with E-state index >= 15 is 0 Å². The number of carbonyl (C=O) groups excluding carboxylic acids is 1. The molecular weight excluding hydrogens is 328 g/mol. The number of hydrogen-bond donors (Lipinski definition) is 1. The molecule has 1 heterocycles. The summed E-state index contributed by atoms with van der Waals surface area (Å²) in [7, 11) is -3.79. The monoisotopic (exact) mass is 340 g/mol. The van der Waals surface area contributed by atoms with Gasteiger partial charge in [-0.2, -0.15) is 5.10 Å². The van der Waals surface area contributed by atoms with Gasteiger partial charge in [0.1, 0.15) is 11.7 Å². The molecule has 2 aromatic rings. The number of rotatable bonds is 5. The van der Waals surface area contributed by atoms with Crippen LogP contribution in [0.2, 0.25) is 5.15 Å². The van der Waals surface area contributed by atoms with Gasteiger partial charge in [0.2, 0.25) is 5.91 Å². The van der Waals surface area contributed by atoms with Gasteiger partial charge in [0.25, 0.3) is 10.0 Å². The minimum absolute atomic E-state index is 0.0147. The lowest BCUT2D eigenvalue weighted by Gasteiger charge is -2.04. The number of benzene rings is 1. The molecule has 1 aromatic carbocycles.